The number of phenolic OH excluding ortho intramolecular Hbond substituents is 1. The molecular weight excluding hydrogens is 380 g/mol. The highest BCUT2D eigenvalue weighted by Crippen LogP contribution is 2.28. The van der Waals surface area contributed by atoms with Crippen LogP contribution in [0.4, 0.5) is 0 Å². The van der Waals surface area contributed by atoms with Crippen molar-refractivity contribution in [2.24, 2.45) is 0 Å². The Morgan fingerprint density at radius 1 is 1.08 bits per heavy atom. The van der Waals surface area contributed by atoms with E-state index in [0.29, 0.717) is 0 Å². The molecule has 0 bridgehead atoms. The van der Waals surface area contributed by atoms with E-state index in [1.165, 1.54) is 12.8 Å². The number of unbranched alkanes of at least 4 members (excludes halogenated alkanes) is 3. The minimum Gasteiger partial charge on any atom is -0.507 e. The molecule has 0 fully saturated rings. The molecule has 1 N–H and O–H groups in total. The van der Waals surface area contributed by atoms with Crippen LogP contribution in [0.1, 0.15) is 56.3 Å². The topological polar surface area (TPSA) is 46.5 Å². The van der Waals surface area contributed by atoms with Gasteiger partial charge in [0.1, 0.15) is 11.3 Å². The lowest BCUT2D eigenvalue weighted by molar-refractivity contribution is 0.0316. The molecule has 2 aromatic rings. The Morgan fingerprint density at radius 3 is 2.40 bits per heavy atom. The van der Waals surface area contributed by atoms with Crippen LogP contribution >= 0.6 is 15.9 Å². The first kappa shape index (κ1) is 19.5. The third-order valence-corrected chi connectivity index (χ3v) is 4.70. The van der Waals surface area contributed by atoms with E-state index in [4.69, 9.17) is 4.74 Å². The van der Waals surface area contributed by atoms with Crippen molar-refractivity contribution < 1.29 is 14.6 Å². The Kier molecular flexibility index (Phi) is 7.51. The van der Waals surface area contributed by atoms with Crippen molar-refractivity contribution >= 4 is 21.9 Å². The fourth-order valence-corrected chi connectivity index (χ4v) is 2.95. The van der Waals surface area contributed by atoms with Gasteiger partial charge in [-0.15, -0.1) is 0 Å². The van der Waals surface area contributed by atoms with Gasteiger partial charge in [0.15, 0.2) is 0 Å². The monoisotopic (exact) mass is 404 g/mol. The van der Waals surface area contributed by atoms with Gasteiger partial charge in [0.2, 0.25) is 0 Å². The number of ether oxygens (including phenoxy) is 1. The first-order valence-electron chi connectivity index (χ1n) is 8.81. The smallest absolute Gasteiger partial charge is 0.342 e. The zero-order valence-corrected chi connectivity index (χ0v) is 16.4. The van der Waals surface area contributed by atoms with Crippen LogP contribution in [0.3, 0.4) is 0 Å². The highest BCUT2D eigenvalue weighted by Gasteiger charge is 2.16. The zero-order chi connectivity index (χ0) is 18.2. The number of halogens is 1. The number of hydrogen-bond donors (Lipinski definition) is 1. The molecule has 2 aromatic carbocycles. The summed E-state index contributed by atoms with van der Waals surface area (Å²) in [5, 5.41) is 10.2. The Balaban J connectivity index is 1.99. The molecule has 25 heavy (non-hydrogen) atoms. The predicted molar refractivity (Wildman–Crippen MR) is 105 cm³/mol. The quantitative estimate of drug-likeness (QED) is 0.412. The van der Waals surface area contributed by atoms with Gasteiger partial charge in [0.05, 0.1) is 6.10 Å². The summed E-state index contributed by atoms with van der Waals surface area (Å²) in [5.41, 5.74) is 2.04. The molecule has 0 aromatic heterocycles. The van der Waals surface area contributed by atoms with Crippen molar-refractivity contribution in [3.8, 4) is 16.9 Å². The number of benzene rings is 2. The molecule has 0 unspecified atom stereocenters. The van der Waals surface area contributed by atoms with Gasteiger partial charge in [0.25, 0.3) is 0 Å². The molecule has 3 nitrogen and oxygen atoms in total. The standard InChI is InChI=1S/C21H25BrO3/c1-3-4-5-6-7-15(2)25-21(24)19-13-10-17(14-20(19)23)16-8-11-18(22)12-9-16/h8-15,23H,3-7H2,1-2H3/t15-/m1/s1. The molecule has 0 spiro atoms. The summed E-state index contributed by atoms with van der Waals surface area (Å²) in [4.78, 5) is 12.3. The third-order valence-electron chi connectivity index (χ3n) is 4.17. The lowest BCUT2D eigenvalue weighted by Crippen LogP contribution is -2.15. The average Bonchev–Trinajstić information content (AvgIpc) is 2.59. The van der Waals surface area contributed by atoms with Crippen LogP contribution in [-0.4, -0.2) is 17.2 Å². The van der Waals surface area contributed by atoms with Crippen molar-refractivity contribution in [3.63, 3.8) is 0 Å². The minimum absolute atomic E-state index is 0.0522. The average molecular weight is 405 g/mol. The van der Waals surface area contributed by atoms with Gasteiger partial charge in [-0.3, -0.25) is 0 Å². The molecule has 0 aliphatic heterocycles. The maximum Gasteiger partial charge on any atom is 0.342 e. The Morgan fingerprint density at radius 2 is 1.76 bits per heavy atom. The van der Waals surface area contributed by atoms with E-state index < -0.39 is 5.97 Å². The number of aromatic hydroxyl groups is 1. The van der Waals surface area contributed by atoms with E-state index >= 15 is 0 Å². The number of phenols is 1. The number of hydrogen-bond acceptors (Lipinski definition) is 3. The molecule has 1 atom stereocenters. The normalized spacial score (nSPS) is 12.0. The summed E-state index contributed by atoms with van der Waals surface area (Å²) in [6.07, 6.45) is 5.31. The van der Waals surface area contributed by atoms with Crippen LogP contribution < -0.4 is 0 Å². The van der Waals surface area contributed by atoms with Gasteiger partial charge in [-0.1, -0.05) is 60.3 Å². The molecule has 0 saturated heterocycles. The Bertz CT molecular complexity index is 695. The van der Waals surface area contributed by atoms with Gasteiger partial charge >= 0.3 is 5.97 Å². The van der Waals surface area contributed by atoms with Gasteiger partial charge in [0, 0.05) is 4.47 Å². The SMILES string of the molecule is CCCCCC[C@@H](C)OC(=O)c1ccc(-c2ccc(Br)cc2)cc1O. The van der Waals surface area contributed by atoms with E-state index in [0.717, 1.165) is 34.9 Å². The van der Waals surface area contributed by atoms with E-state index in [-0.39, 0.29) is 17.4 Å². The van der Waals surface area contributed by atoms with Crippen LogP contribution in [-0.2, 0) is 4.74 Å². The van der Waals surface area contributed by atoms with Crippen LogP contribution in [0, 0.1) is 0 Å². The minimum atomic E-state index is -0.470. The van der Waals surface area contributed by atoms with E-state index in [1.807, 2.05) is 37.3 Å². The van der Waals surface area contributed by atoms with E-state index in [2.05, 4.69) is 22.9 Å². The summed E-state index contributed by atoms with van der Waals surface area (Å²) in [6, 6.07) is 12.8. The highest BCUT2D eigenvalue weighted by molar-refractivity contribution is 9.10. The first-order chi connectivity index (χ1) is 12.0. The zero-order valence-electron chi connectivity index (χ0n) is 14.8. The van der Waals surface area contributed by atoms with E-state index in [9.17, 15) is 9.90 Å². The van der Waals surface area contributed by atoms with Gasteiger partial charge < -0.3 is 9.84 Å². The summed E-state index contributed by atoms with van der Waals surface area (Å²) in [6.45, 7) is 4.07. The molecular formula is C21H25BrO3. The molecule has 4 heteroatoms. The second kappa shape index (κ2) is 9.62. The van der Waals surface area contributed by atoms with Crippen LogP contribution in [0.5, 0.6) is 5.75 Å². The van der Waals surface area contributed by atoms with Crippen molar-refractivity contribution in [3.05, 3.63) is 52.5 Å². The third kappa shape index (κ3) is 5.89. The first-order valence-corrected chi connectivity index (χ1v) is 9.60. The fourth-order valence-electron chi connectivity index (χ4n) is 2.69. The summed E-state index contributed by atoms with van der Waals surface area (Å²) < 4.78 is 6.45. The number of rotatable bonds is 8. The molecule has 0 aliphatic rings. The Labute approximate surface area is 158 Å². The van der Waals surface area contributed by atoms with E-state index in [1.54, 1.807) is 12.1 Å². The predicted octanol–water partition coefficient (Wildman–Crippen LogP) is 6.34. The van der Waals surface area contributed by atoms with Crippen molar-refractivity contribution in [1.29, 1.82) is 0 Å². The van der Waals surface area contributed by atoms with Gasteiger partial charge in [-0.05, 0) is 55.2 Å². The molecule has 0 amide bonds. The second-order valence-electron chi connectivity index (χ2n) is 6.30. The van der Waals surface area contributed by atoms with Crippen LogP contribution in [0.15, 0.2) is 46.9 Å². The lowest BCUT2D eigenvalue weighted by atomic mass is 10.0. The summed E-state index contributed by atoms with van der Waals surface area (Å²) in [7, 11) is 0. The molecule has 0 saturated carbocycles. The number of esters is 1. The number of carbonyl (C=O) groups is 1. The van der Waals surface area contributed by atoms with Crippen molar-refractivity contribution in [2.45, 2.75) is 52.1 Å². The second-order valence-corrected chi connectivity index (χ2v) is 7.22. The van der Waals surface area contributed by atoms with Crippen molar-refractivity contribution in [2.75, 3.05) is 0 Å². The Hall–Kier alpha value is -1.81. The molecule has 0 aliphatic carbocycles. The van der Waals surface area contributed by atoms with Crippen molar-refractivity contribution in [1.82, 2.24) is 0 Å². The molecule has 134 valence electrons. The molecule has 0 radical (unpaired) electrons. The maximum absolute atomic E-state index is 12.3. The highest BCUT2D eigenvalue weighted by atomic mass is 79.9. The fraction of sp³-hybridized carbons (Fsp3) is 0.381. The molecule has 0 heterocycles. The summed E-state index contributed by atoms with van der Waals surface area (Å²) in [5.74, 6) is -0.522. The van der Waals surface area contributed by atoms with Crippen LogP contribution in [0.25, 0.3) is 11.1 Å². The molecule has 2 rings (SSSR count). The van der Waals surface area contributed by atoms with Gasteiger partial charge in [-0.2, -0.15) is 0 Å². The maximum atomic E-state index is 12.3. The lowest BCUT2D eigenvalue weighted by Gasteiger charge is -2.14. The number of carbonyl (C=O) groups excluding carboxylic acids is 1. The largest absolute Gasteiger partial charge is 0.507 e. The van der Waals surface area contributed by atoms with Gasteiger partial charge in [-0.25, -0.2) is 4.79 Å². The van der Waals surface area contributed by atoms with Crippen LogP contribution in [0.2, 0.25) is 0 Å². The summed E-state index contributed by atoms with van der Waals surface area (Å²) >= 11 is 3.40.